The van der Waals surface area contributed by atoms with E-state index in [1.165, 1.54) is 0 Å². The molecule has 0 saturated carbocycles. The average Bonchev–Trinajstić information content (AvgIpc) is 2.91. The number of carbonyl (C=O) groups is 1. The molecule has 1 aromatic carbocycles. The molecule has 1 fully saturated rings. The molecule has 6 heteroatoms. The van der Waals surface area contributed by atoms with Gasteiger partial charge in [0.2, 0.25) is 0 Å². The molecule has 1 saturated heterocycles. The normalized spacial score (nSPS) is 14.7. The Morgan fingerprint density at radius 2 is 2.08 bits per heavy atom. The number of rotatable bonds is 3. The van der Waals surface area contributed by atoms with E-state index in [0.29, 0.717) is 18.7 Å². The first kappa shape index (κ1) is 14.7. The van der Waals surface area contributed by atoms with Crippen LogP contribution in [0.15, 0.2) is 42.7 Å². The number of amides is 1. The molecular formula is C18H18N4O2. The minimum Gasteiger partial charge on any atom is -0.487 e. The van der Waals surface area contributed by atoms with Gasteiger partial charge in [-0.1, -0.05) is 12.1 Å². The van der Waals surface area contributed by atoms with Crippen LogP contribution in [-0.4, -0.2) is 44.8 Å². The van der Waals surface area contributed by atoms with E-state index in [0.717, 1.165) is 22.3 Å². The Hall–Kier alpha value is -2.89. The second-order valence-corrected chi connectivity index (χ2v) is 6.16. The Balaban J connectivity index is 1.42. The molecule has 0 spiro atoms. The molecule has 0 atom stereocenters. The fourth-order valence-electron chi connectivity index (χ4n) is 2.89. The van der Waals surface area contributed by atoms with Crippen LogP contribution >= 0.6 is 0 Å². The summed E-state index contributed by atoms with van der Waals surface area (Å²) in [7, 11) is 1.84. The number of carbonyl (C=O) groups excluding carboxylic acids is 1. The summed E-state index contributed by atoms with van der Waals surface area (Å²) in [6.45, 7) is 3.22. The fourth-order valence-corrected chi connectivity index (χ4v) is 2.89. The zero-order valence-electron chi connectivity index (χ0n) is 13.6. The maximum absolute atomic E-state index is 12.6. The van der Waals surface area contributed by atoms with Crippen LogP contribution in [0.1, 0.15) is 15.9 Å². The van der Waals surface area contributed by atoms with Gasteiger partial charge >= 0.3 is 0 Å². The van der Waals surface area contributed by atoms with Crippen molar-refractivity contribution in [2.24, 2.45) is 7.05 Å². The highest BCUT2D eigenvalue weighted by Crippen LogP contribution is 2.21. The van der Waals surface area contributed by atoms with Crippen LogP contribution in [-0.2, 0) is 7.05 Å². The summed E-state index contributed by atoms with van der Waals surface area (Å²) in [5, 5.41) is 4.15. The molecule has 0 radical (unpaired) electrons. The molecular weight excluding hydrogens is 304 g/mol. The standard InChI is InChI=1S/C18H18N4O2/c1-12-4-3-5-14(6-12)24-15-10-22(11-15)18(23)13-7-17-16(19-8-13)9-20-21(17)2/h3-9,15H,10-11H2,1-2H3. The summed E-state index contributed by atoms with van der Waals surface area (Å²) in [6, 6.07) is 9.79. The molecule has 0 bridgehead atoms. The fraction of sp³-hybridized carbons (Fsp3) is 0.278. The zero-order chi connectivity index (χ0) is 16.7. The lowest BCUT2D eigenvalue weighted by Gasteiger charge is -2.39. The third-order valence-electron chi connectivity index (χ3n) is 4.27. The van der Waals surface area contributed by atoms with Gasteiger partial charge in [0.1, 0.15) is 17.4 Å². The predicted molar refractivity (Wildman–Crippen MR) is 90.0 cm³/mol. The molecule has 3 heterocycles. The molecule has 0 N–H and O–H groups in total. The topological polar surface area (TPSA) is 60.2 Å². The molecule has 24 heavy (non-hydrogen) atoms. The van der Waals surface area contributed by atoms with Crippen LogP contribution in [0.2, 0.25) is 0 Å². The largest absolute Gasteiger partial charge is 0.487 e. The Kier molecular flexibility index (Phi) is 3.45. The molecule has 6 nitrogen and oxygen atoms in total. The molecule has 1 aliphatic heterocycles. The van der Waals surface area contributed by atoms with Crippen LogP contribution in [0.3, 0.4) is 0 Å². The molecule has 1 amide bonds. The van der Waals surface area contributed by atoms with Gasteiger partial charge in [0, 0.05) is 13.2 Å². The maximum Gasteiger partial charge on any atom is 0.255 e. The highest BCUT2D eigenvalue weighted by molar-refractivity contribution is 5.97. The van der Waals surface area contributed by atoms with Crippen LogP contribution in [0.5, 0.6) is 5.75 Å². The van der Waals surface area contributed by atoms with Crippen LogP contribution in [0, 0.1) is 6.92 Å². The first-order valence-corrected chi connectivity index (χ1v) is 7.90. The van der Waals surface area contributed by atoms with E-state index in [-0.39, 0.29) is 12.0 Å². The average molecular weight is 322 g/mol. The van der Waals surface area contributed by atoms with E-state index in [2.05, 4.69) is 10.1 Å². The summed E-state index contributed by atoms with van der Waals surface area (Å²) in [5.74, 6) is 0.833. The van der Waals surface area contributed by atoms with Gasteiger partial charge in [-0.25, -0.2) is 0 Å². The van der Waals surface area contributed by atoms with Crippen molar-refractivity contribution in [2.45, 2.75) is 13.0 Å². The van der Waals surface area contributed by atoms with Gasteiger partial charge in [0.25, 0.3) is 5.91 Å². The number of pyridine rings is 1. The SMILES string of the molecule is Cc1cccc(OC2CN(C(=O)c3cnc4cnn(C)c4c3)C2)c1. The quantitative estimate of drug-likeness (QED) is 0.741. The van der Waals surface area contributed by atoms with E-state index < -0.39 is 0 Å². The predicted octanol–water partition coefficient (Wildman–Crippen LogP) is 2.18. The van der Waals surface area contributed by atoms with E-state index in [4.69, 9.17) is 4.74 Å². The number of likely N-dealkylation sites (tertiary alicyclic amines) is 1. The van der Waals surface area contributed by atoms with Gasteiger partial charge in [-0.15, -0.1) is 0 Å². The lowest BCUT2D eigenvalue weighted by Crippen LogP contribution is -2.56. The van der Waals surface area contributed by atoms with Crippen molar-refractivity contribution in [2.75, 3.05) is 13.1 Å². The Morgan fingerprint density at radius 3 is 2.88 bits per heavy atom. The molecule has 0 unspecified atom stereocenters. The van der Waals surface area contributed by atoms with Gasteiger partial charge in [-0.2, -0.15) is 5.10 Å². The van der Waals surface area contributed by atoms with E-state index >= 15 is 0 Å². The molecule has 4 rings (SSSR count). The van der Waals surface area contributed by atoms with Gasteiger partial charge in [0.15, 0.2) is 0 Å². The van der Waals surface area contributed by atoms with Gasteiger partial charge in [-0.05, 0) is 30.7 Å². The summed E-state index contributed by atoms with van der Waals surface area (Å²) < 4.78 is 7.62. The number of benzene rings is 1. The smallest absolute Gasteiger partial charge is 0.255 e. The van der Waals surface area contributed by atoms with E-state index in [1.54, 1.807) is 22.0 Å². The Bertz CT molecular complexity index is 912. The van der Waals surface area contributed by atoms with E-state index in [9.17, 15) is 4.79 Å². The lowest BCUT2D eigenvalue weighted by molar-refractivity contribution is 0.0177. The second-order valence-electron chi connectivity index (χ2n) is 6.16. The number of ether oxygens (including phenoxy) is 1. The molecule has 2 aromatic heterocycles. The van der Waals surface area contributed by atoms with Crippen molar-refractivity contribution in [1.82, 2.24) is 19.7 Å². The Morgan fingerprint density at radius 1 is 1.25 bits per heavy atom. The number of aryl methyl sites for hydroxylation is 2. The molecule has 122 valence electrons. The second kappa shape index (κ2) is 5.63. The summed E-state index contributed by atoms with van der Waals surface area (Å²) in [6.07, 6.45) is 3.35. The summed E-state index contributed by atoms with van der Waals surface area (Å²) in [4.78, 5) is 18.6. The zero-order valence-corrected chi connectivity index (χ0v) is 13.6. The summed E-state index contributed by atoms with van der Waals surface area (Å²) in [5.41, 5.74) is 3.39. The first-order chi connectivity index (χ1) is 11.6. The van der Waals surface area contributed by atoms with Crippen LogP contribution in [0.25, 0.3) is 11.0 Å². The van der Waals surface area contributed by atoms with Crippen molar-refractivity contribution in [3.63, 3.8) is 0 Å². The lowest BCUT2D eigenvalue weighted by atomic mass is 10.1. The van der Waals surface area contributed by atoms with Crippen molar-refractivity contribution in [1.29, 1.82) is 0 Å². The third-order valence-corrected chi connectivity index (χ3v) is 4.27. The number of fused-ring (bicyclic) bond motifs is 1. The minimum atomic E-state index is -0.0188. The maximum atomic E-state index is 12.6. The highest BCUT2D eigenvalue weighted by Gasteiger charge is 2.33. The van der Waals surface area contributed by atoms with Crippen LogP contribution < -0.4 is 4.74 Å². The van der Waals surface area contributed by atoms with Gasteiger partial charge in [0.05, 0.1) is 30.4 Å². The number of hydrogen-bond donors (Lipinski definition) is 0. The number of aromatic nitrogens is 3. The van der Waals surface area contributed by atoms with Gasteiger partial charge < -0.3 is 9.64 Å². The Labute approximate surface area is 139 Å². The van der Waals surface area contributed by atoms with Crippen molar-refractivity contribution < 1.29 is 9.53 Å². The van der Waals surface area contributed by atoms with Crippen molar-refractivity contribution in [3.05, 3.63) is 53.9 Å². The first-order valence-electron chi connectivity index (χ1n) is 7.90. The highest BCUT2D eigenvalue weighted by atomic mass is 16.5. The molecule has 0 aliphatic carbocycles. The van der Waals surface area contributed by atoms with E-state index in [1.807, 2.05) is 44.3 Å². The summed E-state index contributed by atoms with van der Waals surface area (Å²) >= 11 is 0. The molecule has 3 aromatic rings. The van der Waals surface area contributed by atoms with Crippen LogP contribution in [0.4, 0.5) is 0 Å². The van der Waals surface area contributed by atoms with Crippen molar-refractivity contribution in [3.8, 4) is 5.75 Å². The monoisotopic (exact) mass is 322 g/mol. The number of hydrogen-bond acceptors (Lipinski definition) is 4. The van der Waals surface area contributed by atoms with Gasteiger partial charge in [-0.3, -0.25) is 14.5 Å². The van der Waals surface area contributed by atoms with Crippen molar-refractivity contribution >= 4 is 16.9 Å². The molecule has 1 aliphatic rings. The number of nitrogens with zero attached hydrogens (tertiary/aromatic N) is 4. The third kappa shape index (κ3) is 2.60. The minimum absolute atomic E-state index is 0.0188.